The molecule has 1 aromatic carbocycles. The normalized spacial score (nSPS) is 17.4. The van der Waals surface area contributed by atoms with Gasteiger partial charge in [0.2, 0.25) is 0 Å². The van der Waals surface area contributed by atoms with Crippen LogP contribution in [0.1, 0.15) is 25.0 Å². The average molecular weight is 506 g/mol. The second-order valence-corrected chi connectivity index (χ2v) is 7.24. The van der Waals surface area contributed by atoms with Crippen molar-refractivity contribution in [2.45, 2.75) is 32.9 Å². The smallest absolute Gasteiger partial charge is 0.191 e. The van der Waals surface area contributed by atoms with Crippen molar-refractivity contribution in [3.8, 4) is 5.75 Å². The number of hydrogen-bond donors (Lipinski definition) is 3. The number of aliphatic hydroxyl groups is 1. The first-order valence-electron chi connectivity index (χ1n) is 9.61. The van der Waals surface area contributed by atoms with Crippen LogP contribution in [0.25, 0.3) is 0 Å². The summed E-state index contributed by atoms with van der Waals surface area (Å²) in [7, 11) is 1.68. The van der Waals surface area contributed by atoms with Gasteiger partial charge in [-0.3, -0.25) is 4.90 Å². The zero-order chi connectivity index (χ0) is 19.7. The summed E-state index contributed by atoms with van der Waals surface area (Å²) in [5.41, 5.74) is 1.37. The molecule has 1 unspecified atom stereocenters. The summed E-state index contributed by atoms with van der Waals surface area (Å²) in [5, 5.41) is 17.2. The lowest BCUT2D eigenvalue weighted by Gasteiger charge is -2.34. The number of morpholine rings is 1. The second kappa shape index (κ2) is 12.5. The fourth-order valence-corrected chi connectivity index (χ4v) is 3.12. The maximum Gasteiger partial charge on any atom is 0.191 e. The number of ether oxygens (including phenoxy) is 2. The van der Waals surface area contributed by atoms with Crippen LogP contribution in [0.3, 0.4) is 0 Å². The Labute approximate surface area is 185 Å². The van der Waals surface area contributed by atoms with Crippen LogP contribution < -0.4 is 15.4 Å². The molecular formula is C20H35IN4O3. The van der Waals surface area contributed by atoms with Crippen LogP contribution >= 0.6 is 24.0 Å². The summed E-state index contributed by atoms with van der Waals surface area (Å²) < 4.78 is 10.7. The van der Waals surface area contributed by atoms with Crippen LogP contribution in [0.5, 0.6) is 5.75 Å². The van der Waals surface area contributed by atoms with Crippen molar-refractivity contribution in [3.05, 3.63) is 29.3 Å². The number of aryl methyl sites for hydroxylation is 1. The first kappa shape index (κ1) is 24.9. The number of rotatable bonds is 8. The van der Waals surface area contributed by atoms with E-state index in [1.807, 2.05) is 32.9 Å². The van der Waals surface area contributed by atoms with Gasteiger partial charge in [-0.1, -0.05) is 12.1 Å². The molecule has 3 N–H and O–H groups in total. The van der Waals surface area contributed by atoms with Crippen LogP contribution in [0.15, 0.2) is 23.2 Å². The van der Waals surface area contributed by atoms with Crippen molar-refractivity contribution in [1.82, 2.24) is 15.5 Å². The van der Waals surface area contributed by atoms with Gasteiger partial charge < -0.3 is 25.2 Å². The Balaban J connectivity index is 0.00000392. The van der Waals surface area contributed by atoms with E-state index >= 15 is 0 Å². The molecule has 0 aromatic heterocycles. The molecule has 2 rings (SSSR count). The third kappa shape index (κ3) is 8.50. The van der Waals surface area contributed by atoms with Crippen molar-refractivity contribution in [2.24, 2.45) is 4.99 Å². The van der Waals surface area contributed by atoms with Crippen LogP contribution in [-0.4, -0.2) is 74.6 Å². The fourth-order valence-electron chi connectivity index (χ4n) is 3.12. The minimum Gasteiger partial charge on any atom is -0.496 e. The predicted molar refractivity (Wildman–Crippen MR) is 124 cm³/mol. The Morgan fingerprint density at radius 1 is 1.32 bits per heavy atom. The standard InChI is InChI=1S/C20H34N4O3.HI/c1-5-21-19(22-13-17-6-7-18(26-4)16(2)12-17)23-14-20(3,25)15-24-8-10-27-11-9-24;/h6-7,12,25H,5,8-11,13-15H2,1-4H3,(H2,21,22,23);1H. The molecule has 1 fully saturated rings. The molecule has 1 heterocycles. The van der Waals surface area contributed by atoms with E-state index in [-0.39, 0.29) is 24.0 Å². The molecule has 28 heavy (non-hydrogen) atoms. The van der Waals surface area contributed by atoms with E-state index in [0.29, 0.717) is 25.6 Å². The van der Waals surface area contributed by atoms with Gasteiger partial charge in [0.05, 0.1) is 32.5 Å². The number of guanidine groups is 1. The Morgan fingerprint density at radius 3 is 2.64 bits per heavy atom. The van der Waals surface area contributed by atoms with Gasteiger partial charge in [0.25, 0.3) is 0 Å². The Kier molecular flexibility index (Phi) is 11.1. The van der Waals surface area contributed by atoms with Crippen LogP contribution in [0, 0.1) is 6.92 Å². The van der Waals surface area contributed by atoms with Gasteiger partial charge in [0.15, 0.2) is 5.96 Å². The van der Waals surface area contributed by atoms with Crippen molar-refractivity contribution in [1.29, 1.82) is 0 Å². The molecule has 0 aliphatic carbocycles. The average Bonchev–Trinajstić information content (AvgIpc) is 2.64. The number of nitrogens with one attached hydrogen (secondary N) is 2. The molecule has 0 radical (unpaired) electrons. The lowest BCUT2D eigenvalue weighted by atomic mass is 10.1. The summed E-state index contributed by atoms with van der Waals surface area (Å²) in [6, 6.07) is 6.07. The Hall–Kier alpha value is -1.10. The van der Waals surface area contributed by atoms with E-state index in [1.165, 1.54) is 0 Å². The Bertz CT molecular complexity index is 619. The highest BCUT2D eigenvalue weighted by Crippen LogP contribution is 2.18. The molecule has 1 saturated heterocycles. The van der Waals surface area contributed by atoms with E-state index < -0.39 is 5.60 Å². The number of hydrogen-bond acceptors (Lipinski definition) is 5. The van der Waals surface area contributed by atoms with E-state index in [2.05, 4.69) is 26.6 Å². The molecule has 1 aliphatic rings. The van der Waals surface area contributed by atoms with Crippen LogP contribution in [0.4, 0.5) is 0 Å². The SMILES string of the molecule is CCNC(=NCc1ccc(OC)c(C)c1)NCC(C)(O)CN1CCOCC1.I. The van der Waals surface area contributed by atoms with Gasteiger partial charge >= 0.3 is 0 Å². The van der Waals surface area contributed by atoms with Gasteiger partial charge in [-0.15, -0.1) is 24.0 Å². The molecule has 1 aromatic rings. The van der Waals surface area contributed by atoms with Gasteiger partial charge in [-0.2, -0.15) is 0 Å². The van der Waals surface area contributed by atoms with Crippen LogP contribution in [-0.2, 0) is 11.3 Å². The maximum atomic E-state index is 10.7. The highest BCUT2D eigenvalue weighted by molar-refractivity contribution is 14.0. The first-order chi connectivity index (χ1) is 12.9. The number of nitrogens with zero attached hydrogens (tertiary/aromatic N) is 2. The number of β-amino-alcohol motifs (C(OH)–C–C–N with tert-alkyl or cyclic N) is 1. The quantitative estimate of drug-likeness (QED) is 0.284. The maximum absolute atomic E-state index is 10.7. The molecular weight excluding hydrogens is 471 g/mol. The third-order valence-corrected chi connectivity index (χ3v) is 4.53. The lowest BCUT2D eigenvalue weighted by molar-refractivity contribution is -0.0201. The van der Waals surface area contributed by atoms with Gasteiger partial charge in [-0.25, -0.2) is 4.99 Å². The van der Waals surface area contributed by atoms with E-state index in [1.54, 1.807) is 7.11 Å². The molecule has 1 atom stereocenters. The second-order valence-electron chi connectivity index (χ2n) is 7.24. The monoisotopic (exact) mass is 506 g/mol. The molecule has 8 heteroatoms. The summed E-state index contributed by atoms with van der Waals surface area (Å²) in [6.45, 7) is 11.5. The molecule has 0 bridgehead atoms. The van der Waals surface area contributed by atoms with Crippen molar-refractivity contribution < 1.29 is 14.6 Å². The number of aliphatic imine (C=N–C) groups is 1. The molecule has 0 amide bonds. The predicted octanol–water partition coefficient (Wildman–Crippen LogP) is 1.76. The minimum atomic E-state index is -0.843. The largest absolute Gasteiger partial charge is 0.496 e. The van der Waals surface area contributed by atoms with Gasteiger partial charge in [-0.05, 0) is 38.0 Å². The summed E-state index contributed by atoms with van der Waals surface area (Å²) in [4.78, 5) is 6.87. The summed E-state index contributed by atoms with van der Waals surface area (Å²) in [6.07, 6.45) is 0. The molecule has 160 valence electrons. The third-order valence-electron chi connectivity index (χ3n) is 4.53. The number of benzene rings is 1. The molecule has 0 saturated carbocycles. The van der Waals surface area contributed by atoms with Crippen molar-refractivity contribution in [3.63, 3.8) is 0 Å². The van der Waals surface area contributed by atoms with Crippen LogP contribution in [0.2, 0.25) is 0 Å². The number of methoxy groups -OCH3 is 1. The lowest BCUT2D eigenvalue weighted by Crippen LogP contribution is -2.52. The van der Waals surface area contributed by atoms with E-state index in [9.17, 15) is 5.11 Å². The van der Waals surface area contributed by atoms with Gasteiger partial charge in [0.1, 0.15) is 5.75 Å². The highest BCUT2D eigenvalue weighted by atomic mass is 127. The van der Waals surface area contributed by atoms with Crippen molar-refractivity contribution >= 4 is 29.9 Å². The highest BCUT2D eigenvalue weighted by Gasteiger charge is 2.25. The molecule has 1 aliphatic heterocycles. The zero-order valence-electron chi connectivity index (χ0n) is 17.5. The molecule has 0 spiro atoms. The first-order valence-corrected chi connectivity index (χ1v) is 9.61. The van der Waals surface area contributed by atoms with E-state index in [4.69, 9.17) is 9.47 Å². The fraction of sp³-hybridized carbons (Fsp3) is 0.650. The summed E-state index contributed by atoms with van der Waals surface area (Å²) >= 11 is 0. The topological polar surface area (TPSA) is 78.4 Å². The Morgan fingerprint density at radius 2 is 2.04 bits per heavy atom. The molecule has 7 nitrogen and oxygen atoms in total. The van der Waals surface area contributed by atoms with Crippen molar-refractivity contribution in [2.75, 3.05) is 53.0 Å². The number of halogens is 1. The zero-order valence-corrected chi connectivity index (χ0v) is 19.8. The van der Waals surface area contributed by atoms with Gasteiger partial charge in [0, 0.05) is 32.7 Å². The minimum absolute atomic E-state index is 0. The van der Waals surface area contributed by atoms with E-state index in [0.717, 1.165) is 49.7 Å². The summed E-state index contributed by atoms with van der Waals surface area (Å²) in [5.74, 6) is 1.58.